The number of rotatable bonds is 1. The Morgan fingerprint density at radius 3 is 2.94 bits per heavy atom. The van der Waals surface area contributed by atoms with Crippen LogP contribution in [0.2, 0.25) is 0 Å². The molecule has 2 nitrogen and oxygen atoms in total. The van der Waals surface area contributed by atoms with Crippen molar-refractivity contribution < 1.29 is 0 Å². The smallest absolute Gasteiger partial charge is 0.0485 e. The summed E-state index contributed by atoms with van der Waals surface area (Å²) in [5, 5.41) is 4.87. The van der Waals surface area contributed by atoms with Crippen molar-refractivity contribution in [3.8, 4) is 0 Å². The molecule has 17 heavy (non-hydrogen) atoms. The highest BCUT2D eigenvalue weighted by molar-refractivity contribution is 5.86. The van der Waals surface area contributed by atoms with Gasteiger partial charge in [-0.15, -0.1) is 0 Å². The minimum atomic E-state index is 0.648. The van der Waals surface area contributed by atoms with Crippen LogP contribution in [0.3, 0.4) is 0 Å². The molecule has 0 saturated heterocycles. The first kappa shape index (κ1) is 10.8. The summed E-state index contributed by atoms with van der Waals surface area (Å²) in [7, 11) is 4.28. The summed E-state index contributed by atoms with van der Waals surface area (Å²) in [6.07, 6.45) is 3.63. The zero-order valence-electron chi connectivity index (χ0n) is 10.9. The molecule has 1 unspecified atom stereocenters. The van der Waals surface area contributed by atoms with Crippen molar-refractivity contribution in [2.24, 2.45) is 7.05 Å². The minimum absolute atomic E-state index is 0.648. The van der Waals surface area contributed by atoms with Crippen LogP contribution in [0, 0.1) is 6.92 Å². The molecule has 1 heterocycles. The van der Waals surface area contributed by atoms with Crippen molar-refractivity contribution in [2.45, 2.75) is 32.2 Å². The summed E-state index contributed by atoms with van der Waals surface area (Å²) in [5.74, 6) is 0. The molecule has 0 amide bonds. The van der Waals surface area contributed by atoms with Gasteiger partial charge in [-0.3, -0.25) is 0 Å². The number of aryl methyl sites for hydroxylation is 2. The summed E-state index contributed by atoms with van der Waals surface area (Å²) in [6, 6.07) is 7.48. The largest absolute Gasteiger partial charge is 0.347 e. The topological polar surface area (TPSA) is 17.0 Å². The number of aromatic nitrogens is 1. The Morgan fingerprint density at radius 1 is 1.35 bits per heavy atom. The highest BCUT2D eigenvalue weighted by Gasteiger charge is 2.23. The van der Waals surface area contributed by atoms with Gasteiger partial charge in [0.25, 0.3) is 0 Å². The molecule has 0 spiro atoms. The molecule has 1 aliphatic carbocycles. The molecule has 1 atom stereocenters. The van der Waals surface area contributed by atoms with Gasteiger partial charge in [0.2, 0.25) is 0 Å². The lowest BCUT2D eigenvalue weighted by Crippen LogP contribution is -2.31. The Balaban J connectivity index is 2.22. The van der Waals surface area contributed by atoms with E-state index in [1.165, 1.54) is 41.4 Å². The summed E-state index contributed by atoms with van der Waals surface area (Å²) in [6.45, 7) is 2.17. The molecule has 0 bridgehead atoms. The maximum atomic E-state index is 3.42. The summed E-state index contributed by atoms with van der Waals surface area (Å²) >= 11 is 0. The fourth-order valence-corrected chi connectivity index (χ4v) is 3.13. The Hall–Kier alpha value is -1.28. The molecule has 3 rings (SSSR count). The second kappa shape index (κ2) is 3.88. The Kier molecular flexibility index (Phi) is 2.48. The fourth-order valence-electron chi connectivity index (χ4n) is 3.13. The van der Waals surface area contributed by atoms with Gasteiger partial charge in [0, 0.05) is 29.7 Å². The van der Waals surface area contributed by atoms with Crippen LogP contribution in [0.15, 0.2) is 18.2 Å². The van der Waals surface area contributed by atoms with Gasteiger partial charge in [-0.1, -0.05) is 12.1 Å². The molecular formula is C15H20N2. The van der Waals surface area contributed by atoms with Gasteiger partial charge in [-0.25, -0.2) is 0 Å². The zero-order valence-corrected chi connectivity index (χ0v) is 10.9. The third kappa shape index (κ3) is 1.59. The van der Waals surface area contributed by atoms with Gasteiger partial charge in [0.05, 0.1) is 0 Å². The normalized spacial score (nSPS) is 19.6. The quantitative estimate of drug-likeness (QED) is 0.794. The second-order valence-electron chi connectivity index (χ2n) is 5.23. The van der Waals surface area contributed by atoms with Crippen LogP contribution in [0.1, 0.15) is 23.2 Å². The van der Waals surface area contributed by atoms with Crippen molar-refractivity contribution in [1.29, 1.82) is 0 Å². The first-order chi connectivity index (χ1) is 8.20. The standard InChI is InChI=1S/C15H20N2/c1-10-4-6-12-13-9-11(16-2)5-7-14(13)17(3)15(12)8-10/h4,6,8,11,16H,5,7,9H2,1-3H3. The van der Waals surface area contributed by atoms with Crippen LogP contribution in [-0.4, -0.2) is 17.7 Å². The number of benzene rings is 1. The summed E-state index contributed by atoms with van der Waals surface area (Å²) in [4.78, 5) is 0. The Bertz CT molecular complexity index is 566. The molecule has 2 heteroatoms. The molecular weight excluding hydrogens is 208 g/mol. The molecule has 1 aromatic carbocycles. The average molecular weight is 228 g/mol. The van der Waals surface area contributed by atoms with E-state index in [4.69, 9.17) is 0 Å². The van der Waals surface area contributed by atoms with E-state index >= 15 is 0 Å². The predicted molar refractivity (Wildman–Crippen MR) is 72.5 cm³/mol. The predicted octanol–water partition coefficient (Wildman–Crippen LogP) is 2.56. The van der Waals surface area contributed by atoms with E-state index in [9.17, 15) is 0 Å². The van der Waals surface area contributed by atoms with Crippen molar-refractivity contribution in [2.75, 3.05) is 7.05 Å². The number of nitrogens with one attached hydrogen (secondary N) is 1. The van der Waals surface area contributed by atoms with E-state index in [1.54, 1.807) is 5.56 Å². The zero-order chi connectivity index (χ0) is 12.0. The maximum Gasteiger partial charge on any atom is 0.0485 e. The second-order valence-corrected chi connectivity index (χ2v) is 5.23. The van der Waals surface area contributed by atoms with E-state index < -0.39 is 0 Å². The number of hydrogen-bond acceptors (Lipinski definition) is 1. The van der Waals surface area contributed by atoms with Crippen LogP contribution in [0.4, 0.5) is 0 Å². The van der Waals surface area contributed by atoms with Gasteiger partial charge in [-0.05, 0) is 50.4 Å². The number of hydrogen-bond donors (Lipinski definition) is 1. The molecule has 0 radical (unpaired) electrons. The van der Waals surface area contributed by atoms with Crippen molar-refractivity contribution in [3.05, 3.63) is 35.0 Å². The van der Waals surface area contributed by atoms with E-state index in [0.717, 1.165) is 0 Å². The van der Waals surface area contributed by atoms with E-state index in [0.29, 0.717) is 6.04 Å². The molecule has 0 aliphatic heterocycles. The molecule has 0 fully saturated rings. The Labute approximate surface area is 103 Å². The van der Waals surface area contributed by atoms with Gasteiger partial charge in [0.15, 0.2) is 0 Å². The van der Waals surface area contributed by atoms with E-state index in [-0.39, 0.29) is 0 Å². The first-order valence-corrected chi connectivity index (χ1v) is 6.44. The average Bonchev–Trinajstić information content (AvgIpc) is 2.62. The van der Waals surface area contributed by atoms with Crippen molar-refractivity contribution in [3.63, 3.8) is 0 Å². The highest BCUT2D eigenvalue weighted by atomic mass is 15.0. The van der Waals surface area contributed by atoms with Crippen molar-refractivity contribution >= 4 is 10.9 Å². The SMILES string of the molecule is CNC1CCc2c(c3ccc(C)cc3n2C)C1. The molecule has 2 aromatic rings. The number of nitrogens with zero attached hydrogens (tertiary/aromatic N) is 1. The highest BCUT2D eigenvalue weighted by Crippen LogP contribution is 2.31. The van der Waals surface area contributed by atoms with Crippen LogP contribution < -0.4 is 5.32 Å². The first-order valence-electron chi connectivity index (χ1n) is 6.44. The minimum Gasteiger partial charge on any atom is -0.347 e. The lowest BCUT2D eigenvalue weighted by molar-refractivity contribution is 0.488. The Morgan fingerprint density at radius 2 is 2.18 bits per heavy atom. The molecule has 1 N–H and O–H groups in total. The molecule has 1 aliphatic rings. The fraction of sp³-hybridized carbons (Fsp3) is 0.467. The monoisotopic (exact) mass is 228 g/mol. The maximum absolute atomic E-state index is 3.42. The summed E-state index contributed by atoms with van der Waals surface area (Å²) < 4.78 is 2.39. The lowest BCUT2D eigenvalue weighted by atomic mass is 9.91. The van der Waals surface area contributed by atoms with Gasteiger partial charge in [-0.2, -0.15) is 0 Å². The lowest BCUT2D eigenvalue weighted by Gasteiger charge is -2.22. The van der Waals surface area contributed by atoms with E-state index in [1.807, 2.05) is 0 Å². The van der Waals surface area contributed by atoms with Gasteiger partial charge >= 0.3 is 0 Å². The molecule has 90 valence electrons. The van der Waals surface area contributed by atoms with Crippen LogP contribution in [0.5, 0.6) is 0 Å². The van der Waals surface area contributed by atoms with Gasteiger partial charge < -0.3 is 9.88 Å². The summed E-state index contributed by atoms with van der Waals surface area (Å²) in [5.41, 5.74) is 5.84. The van der Waals surface area contributed by atoms with Gasteiger partial charge in [0.1, 0.15) is 0 Å². The third-order valence-electron chi connectivity index (χ3n) is 4.18. The number of fused-ring (bicyclic) bond motifs is 3. The van der Waals surface area contributed by atoms with Crippen LogP contribution >= 0.6 is 0 Å². The molecule has 1 aromatic heterocycles. The third-order valence-corrected chi connectivity index (χ3v) is 4.18. The molecule has 0 saturated carbocycles. The van der Waals surface area contributed by atoms with Crippen LogP contribution in [-0.2, 0) is 19.9 Å². The van der Waals surface area contributed by atoms with E-state index in [2.05, 4.69) is 49.1 Å². The number of likely N-dealkylation sites (N-methyl/N-ethyl adjacent to an activating group) is 1. The van der Waals surface area contributed by atoms with Crippen LogP contribution in [0.25, 0.3) is 10.9 Å². The van der Waals surface area contributed by atoms with Crippen molar-refractivity contribution in [1.82, 2.24) is 9.88 Å².